The van der Waals surface area contributed by atoms with E-state index in [1.54, 1.807) is 26.5 Å². The molecule has 0 bridgehead atoms. The lowest BCUT2D eigenvalue weighted by molar-refractivity contribution is 0.108. The van der Waals surface area contributed by atoms with Gasteiger partial charge in [0.15, 0.2) is 5.82 Å². The number of aryl methyl sites for hydroxylation is 2. The van der Waals surface area contributed by atoms with Crippen LogP contribution in [0.5, 0.6) is 5.75 Å². The summed E-state index contributed by atoms with van der Waals surface area (Å²) in [5.74, 6) is 2.38. The first kappa shape index (κ1) is 25.7. The number of aromatic nitrogens is 3. The molecule has 2 N–H and O–H groups in total. The van der Waals surface area contributed by atoms with Crippen LogP contribution in [0.4, 0.5) is 5.82 Å². The average Bonchev–Trinajstić information content (AvgIpc) is 3.20. The Morgan fingerprint density at radius 2 is 2.11 bits per heavy atom. The third-order valence-corrected chi connectivity index (χ3v) is 5.19. The van der Waals surface area contributed by atoms with E-state index in [4.69, 9.17) is 19.2 Å². The molecular formula is C25H31N7O3. The SMILES string of the molecule is C=N/C=C(\C=NC)N(C)c1cc(-c2c(C)noc2C)nc(-c2cccc(OCC(O)CNC)c2)n1. The number of hydrogen-bond donors (Lipinski definition) is 2. The average molecular weight is 478 g/mol. The molecule has 0 amide bonds. The first-order valence-corrected chi connectivity index (χ1v) is 11.1. The molecule has 0 fully saturated rings. The van der Waals surface area contributed by atoms with Gasteiger partial charge in [-0.05, 0) is 39.7 Å². The van der Waals surface area contributed by atoms with Crippen molar-refractivity contribution in [2.45, 2.75) is 20.0 Å². The molecule has 3 aromatic rings. The first-order valence-electron chi connectivity index (χ1n) is 11.1. The van der Waals surface area contributed by atoms with E-state index in [1.165, 1.54) is 0 Å². The van der Waals surface area contributed by atoms with Crippen LogP contribution in [0.15, 0.2) is 56.7 Å². The summed E-state index contributed by atoms with van der Waals surface area (Å²) in [5.41, 5.74) is 3.67. The predicted molar refractivity (Wildman–Crippen MR) is 138 cm³/mol. The summed E-state index contributed by atoms with van der Waals surface area (Å²) >= 11 is 0. The summed E-state index contributed by atoms with van der Waals surface area (Å²) in [4.78, 5) is 19.5. The van der Waals surface area contributed by atoms with E-state index in [1.807, 2.05) is 56.1 Å². The Balaban J connectivity index is 2.08. The zero-order valence-electron chi connectivity index (χ0n) is 20.7. The van der Waals surface area contributed by atoms with Gasteiger partial charge in [0, 0.05) is 38.5 Å². The molecule has 0 saturated carbocycles. The predicted octanol–water partition coefficient (Wildman–Crippen LogP) is 3.05. The van der Waals surface area contributed by atoms with Crippen molar-refractivity contribution in [2.75, 3.05) is 39.2 Å². The minimum absolute atomic E-state index is 0.164. The van der Waals surface area contributed by atoms with E-state index in [0.717, 1.165) is 16.8 Å². The number of aliphatic hydroxyl groups is 1. The highest BCUT2D eigenvalue weighted by Crippen LogP contribution is 2.31. The number of benzene rings is 1. The van der Waals surface area contributed by atoms with E-state index >= 15 is 0 Å². The molecule has 0 spiro atoms. The van der Waals surface area contributed by atoms with Gasteiger partial charge in [0.2, 0.25) is 0 Å². The second kappa shape index (κ2) is 12.0. The quantitative estimate of drug-likeness (QED) is 0.404. The van der Waals surface area contributed by atoms with Crippen molar-refractivity contribution >= 4 is 18.7 Å². The molecule has 3 rings (SSSR count). The van der Waals surface area contributed by atoms with E-state index in [2.05, 4.69) is 27.2 Å². The van der Waals surface area contributed by atoms with Gasteiger partial charge in [-0.3, -0.25) is 9.98 Å². The number of ether oxygens (including phenoxy) is 1. The van der Waals surface area contributed by atoms with Crippen LogP contribution in [0.3, 0.4) is 0 Å². The monoisotopic (exact) mass is 477 g/mol. The van der Waals surface area contributed by atoms with Gasteiger partial charge in [-0.1, -0.05) is 17.3 Å². The van der Waals surface area contributed by atoms with Gasteiger partial charge in [-0.25, -0.2) is 9.97 Å². The summed E-state index contributed by atoms with van der Waals surface area (Å²) in [6.07, 6.45) is 2.67. The molecule has 1 aromatic carbocycles. The minimum atomic E-state index is -0.619. The van der Waals surface area contributed by atoms with Crippen molar-refractivity contribution in [3.63, 3.8) is 0 Å². The second-order valence-electron chi connectivity index (χ2n) is 7.87. The molecule has 0 aliphatic rings. The lowest BCUT2D eigenvalue weighted by Gasteiger charge is -2.20. The van der Waals surface area contributed by atoms with Crippen LogP contribution in [0.2, 0.25) is 0 Å². The molecule has 0 saturated heterocycles. The number of hydrogen-bond acceptors (Lipinski definition) is 10. The van der Waals surface area contributed by atoms with Gasteiger partial charge in [-0.15, -0.1) is 0 Å². The van der Waals surface area contributed by atoms with Crippen LogP contribution in [-0.4, -0.2) is 73.6 Å². The van der Waals surface area contributed by atoms with Gasteiger partial charge in [0.05, 0.1) is 28.8 Å². The smallest absolute Gasteiger partial charge is 0.162 e. The summed E-state index contributed by atoms with van der Waals surface area (Å²) in [7, 11) is 5.33. The normalized spacial score (nSPS) is 12.7. The molecule has 1 atom stereocenters. The van der Waals surface area contributed by atoms with Crippen molar-refractivity contribution in [2.24, 2.45) is 9.98 Å². The topological polar surface area (TPSA) is 121 Å². The molecule has 2 aromatic heterocycles. The van der Waals surface area contributed by atoms with Gasteiger partial charge in [0.25, 0.3) is 0 Å². The molecule has 10 heteroatoms. The van der Waals surface area contributed by atoms with Crippen LogP contribution in [-0.2, 0) is 0 Å². The Kier molecular flexibility index (Phi) is 8.82. The van der Waals surface area contributed by atoms with E-state index in [0.29, 0.717) is 41.1 Å². The van der Waals surface area contributed by atoms with Crippen molar-refractivity contribution < 1.29 is 14.4 Å². The lowest BCUT2D eigenvalue weighted by atomic mass is 10.1. The fourth-order valence-electron chi connectivity index (χ4n) is 3.49. The van der Waals surface area contributed by atoms with Crippen molar-refractivity contribution in [3.05, 3.63) is 53.7 Å². The summed E-state index contributed by atoms with van der Waals surface area (Å²) in [5, 5.41) is 17.0. The zero-order chi connectivity index (χ0) is 25.4. The van der Waals surface area contributed by atoms with Crippen LogP contribution in [0, 0.1) is 13.8 Å². The van der Waals surface area contributed by atoms with Gasteiger partial charge < -0.3 is 24.6 Å². The Hall–Kier alpha value is -3.89. The number of nitrogens with one attached hydrogen (secondary N) is 1. The summed E-state index contributed by atoms with van der Waals surface area (Å²) in [6.45, 7) is 7.88. The zero-order valence-corrected chi connectivity index (χ0v) is 20.7. The Morgan fingerprint density at radius 3 is 2.77 bits per heavy atom. The molecule has 0 radical (unpaired) electrons. The Morgan fingerprint density at radius 1 is 1.31 bits per heavy atom. The lowest BCUT2D eigenvalue weighted by Crippen LogP contribution is -2.29. The van der Waals surface area contributed by atoms with Crippen LogP contribution in [0.25, 0.3) is 22.6 Å². The van der Waals surface area contributed by atoms with Crippen LogP contribution >= 0.6 is 0 Å². The fraction of sp³-hybridized carbons (Fsp3) is 0.320. The fourth-order valence-corrected chi connectivity index (χ4v) is 3.49. The highest BCUT2D eigenvalue weighted by molar-refractivity contribution is 5.84. The molecule has 0 aliphatic carbocycles. The van der Waals surface area contributed by atoms with Crippen LogP contribution in [0.1, 0.15) is 11.5 Å². The van der Waals surface area contributed by atoms with Crippen molar-refractivity contribution in [1.82, 2.24) is 20.4 Å². The van der Waals surface area contributed by atoms with Gasteiger partial charge >= 0.3 is 0 Å². The third-order valence-electron chi connectivity index (χ3n) is 5.19. The number of aliphatic hydroxyl groups excluding tert-OH is 1. The molecule has 2 heterocycles. The maximum Gasteiger partial charge on any atom is 0.162 e. The van der Waals surface area contributed by atoms with E-state index in [-0.39, 0.29) is 6.61 Å². The molecular weight excluding hydrogens is 446 g/mol. The molecule has 1 unspecified atom stereocenters. The number of anilines is 1. The van der Waals surface area contributed by atoms with Crippen LogP contribution < -0.4 is 15.0 Å². The first-order chi connectivity index (χ1) is 16.9. The Labute approximate surface area is 205 Å². The number of aliphatic imine (C=N–C) groups is 2. The number of rotatable bonds is 11. The number of nitrogens with zero attached hydrogens (tertiary/aromatic N) is 6. The van der Waals surface area contributed by atoms with Crippen molar-refractivity contribution in [3.8, 4) is 28.4 Å². The standard InChI is InChI=1S/C25H31N7O3/c1-16-24(17(2)35-31-16)22-11-23(32(6)19(12-26-3)13-27-4)30-25(29-22)18-8-7-9-21(10-18)34-15-20(33)14-28-5/h7-13,20,28,33H,3,14-15H2,1-2,4-6H3/b19-12+,27-13?. The Bertz CT molecular complexity index is 1200. The summed E-state index contributed by atoms with van der Waals surface area (Å²) < 4.78 is 11.2. The minimum Gasteiger partial charge on any atom is -0.491 e. The van der Waals surface area contributed by atoms with Gasteiger partial charge in [0.1, 0.15) is 30.0 Å². The van der Waals surface area contributed by atoms with E-state index < -0.39 is 6.10 Å². The largest absolute Gasteiger partial charge is 0.491 e. The number of allylic oxidation sites excluding steroid dienone is 1. The highest BCUT2D eigenvalue weighted by atomic mass is 16.5. The second-order valence-corrected chi connectivity index (χ2v) is 7.87. The maximum atomic E-state index is 9.97. The molecule has 184 valence electrons. The van der Waals surface area contributed by atoms with E-state index in [9.17, 15) is 5.11 Å². The van der Waals surface area contributed by atoms with Crippen molar-refractivity contribution in [1.29, 1.82) is 0 Å². The summed E-state index contributed by atoms with van der Waals surface area (Å²) in [6, 6.07) is 9.31. The number of likely N-dealkylation sites (N-methyl/N-ethyl adjacent to an activating group) is 1. The highest BCUT2D eigenvalue weighted by Gasteiger charge is 2.19. The molecule has 35 heavy (non-hydrogen) atoms. The third kappa shape index (κ3) is 6.37. The molecule has 10 nitrogen and oxygen atoms in total. The maximum absolute atomic E-state index is 9.97. The molecule has 0 aliphatic heterocycles. The van der Waals surface area contributed by atoms with Gasteiger partial charge in [-0.2, -0.15) is 0 Å².